The Hall–Kier alpha value is -2.37. The molecule has 0 spiro atoms. The van der Waals surface area contributed by atoms with Gasteiger partial charge in [-0.1, -0.05) is 31.0 Å². The maximum absolute atomic E-state index is 13.6. The lowest BCUT2D eigenvalue weighted by Gasteiger charge is -2.19. The van der Waals surface area contributed by atoms with Crippen molar-refractivity contribution in [3.05, 3.63) is 74.3 Å². The molecule has 1 aliphatic rings. The van der Waals surface area contributed by atoms with E-state index in [1.54, 1.807) is 31.2 Å². The molecule has 0 saturated heterocycles. The van der Waals surface area contributed by atoms with Crippen molar-refractivity contribution in [3.8, 4) is 0 Å². The predicted octanol–water partition coefficient (Wildman–Crippen LogP) is 6.17. The number of halogens is 3. The monoisotopic (exact) mass is 363 g/mol. The maximum atomic E-state index is 13.6. The summed E-state index contributed by atoms with van der Waals surface area (Å²) in [5, 5.41) is 10.9. The number of nitrogens with zero attached hydrogens (tertiary/aromatic N) is 1. The summed E-state index contributed by atoms with van der Waals surface area (Å²) in [5.41, 5.74) is 1.70. The number of alkyl halides is 3. The lowest BCUT2D eigenvalue weighted by atomic mass is 9.90. The van der Waals surface area contributed by atoms with E-state index in [1.165, 1.54) is 12.1 Å². The second-order valence-corrected chi connectivity index (χ2v) is 6.96. The molecule has 0 amide bonds. The topological polar surface area (TPSA) is 43.1 Å². The van der Waals surface area contributed by atoms with Crippen molar-refractivity contribution >= 4 is 5.69 Å². The molecule has 0 aromatic heterocycles. The molecule has 6 heteroatoms. The van der Waals surface area contributed by atoms with E-state index in [1.807, 2.05) is 0 Å². The summed E-state index contributed by atoms with van der Waals surface area (Å²) < 4.78 is 40.7. The fourth-order valence-electron chi connectivity index (χ4n) is 3.82. The van der Waals surface area contributed by atoms with Gasteiger partial charge in [-0.15, -0.1) is 0 Å². The van der Waals surface area contributed by atoms with Crippen molar-refractivity contribution in [3.63, 3.8) is 0 Å². The fraction of sp³-hybridized carbons (Fsp3) is 0.400. The number of hydrogen-bond acceptors (Lipinski definition) is 2. The number of aryl methyl sites for hydroxylation is 1. The summed E-state index contributed by atoms with van der Waals surface area (Å²) >= 11 is 0. The van der Waals surface area contributed by atoms with Crippen LogP contribution < -0.4 is 0 Å². The largest absolute Gasteiger partial charge is 0.416 e. The van der Waals surface area contributed by atoms with Gasteiger partial charge in [-0.05, 0) is 60.9 Å². The lowest BCUT2D eigenvalue weighted by Crippen LogP contribution is -2.12. The standard InChI is InChI=1S/C20H20F3NO2/c1-13-10-14(7-9-19(13)24(25)26)11-15-6-8-17(16-4-2-3-5-16)18(12-15)20(21,22)23/h6-10,12,16H,2-5,11H2,1H3. The summed E-state index contributed by atoms with van der Waals surface area (Å²) in [6.07, 6.45) is -0.488. The van der Waals surface area contributed by atoms with Crippen LogP contribution in [0.2, 0.25) is 0 Å². The first kappa shape index (κ1) is 18.4. The minimum absolute atomic E-state index is 0.0118. The van der Waals surface area contributed by atoms with Crippen molar-refractivity contribution < 1.29 is 18.1 Å². The first-order valence-corrected chi connectivity index (χ1v) is 8.69. The summed E-state index contributed by atoms with van der Waals surface area (Å²) in [6, 6.07) is 9.28. The van der Waals surface area contributed by atoms with E-state index in [9.17, 15) is 23.3 Å². The summed E-state index contributed by atoms with van der Waals surface area (Å²) in [7, 11) is 0. The van der Waals surface area contributed by atoms with Crippen LogP contribution in [0.3, 0.4) is 0 Å². The van der Waals surface area contributed by atoms with Crippen molar-refractivity contribution in [2.45, 2.75) is 51.1 Å². The molecule has 1 aliphatic carbocycles. The van der Waals surface area contributed by atoms with Crippen molar-refractivity contribution in [1.29, 1.82) is 0 Å². The number of hydrogen-bond donors (Lipinski definition) is 0. The highest BCUT2D eigenvalue weighted by molar-refractivity contribution is 5.44. The first-order chi connectivity index (χ1) is 12.3. The molecule has 2 aromatic rings. The number of nitro groups is 1. The summed E-state index contributed by atoms with van der Waals surface area (Å²) in [6.45, 7) is 1.63. The van der Waals surface area contributed by atoms with Crippen molar-refractivity contribution in [1.82, 2.24) is 0 Å². The minimum Gasteiger partial charge on any atom is -0.258 e. The average Bonchev–Trinajstić information content (AvgIpc) is 3.08. The molecule has 0 aliphatic heterocycles. The smallest absolute Gasteiger partial charge is 0.258 e. The summed E-state index contributed by atoms with van der Waals surface area (Å²) in [5.74, 6) is -0.0118. The highest BCUT2D eigenvalue weighted by Gasteiger charge is 2.36. The predicted molar refractivity (Wildman–Crippen MR) is 93.3 cm³/mol. The van der Waals surface area contributed by atoms with E-state index in [0.717, 1.165) is 31.2 Å². The third kappa shape index (κ3) is 3.89. The highest BCUT2D eigenvalue weighted by Crippen LogP contribution is 2.42. The molecule has 0 atom stereocenters. The SMILES string of the molecule is Cc1cc(Cc2ccc(C3CCCC3)c(C(F)(F)F)c2)ccc1[N+](=O)[O-]. The van der Waals surface area contributed by atoms with E-state index in [0.29, 0.717) is 23.1 Å². The Kier molecular flexibility index (Phi) is 5.03. The molecule has 1 fully saturated rings. The van der Waals surface area contributed by atoms with E-state index >= 15 is 0 Å². The van der Waals surface area contributed by atoms with Crippen LogP contribution in [0, 0.1) is 17.0 Å². The Morgan fingerprint density at radius 2 is 1.69 bits per heavy atom. The molecule has 0 unspecified atom stereocenters. The van der Waals surface area contributed by atoms with Crippen molar-refractivity contribution in [2.75, 3.05) is 0 Å². The molecule has 0 heterocycles. The second kappa shape index (κ2) is 7.09. The van der Waals surface area contributed by atoms with Crippen LogP contribution in [0.4, 0.5) is 18.9 Å². The molecular formula is C20H20F3NO2. The zero-order valence-corrected chi connectivity index (χ0v) is 14.5. The quantitative estimate of drug-likeness (QED) is 0.481. The number of benzene rings is 2. The van der Waals surface area contributed by atoms with E-state index < -0.39 is 16.7 Å². The Morgan fingerprint density at radius 3 is 2.27 bits per heavy atom. The van der Waals surface area contributed by atoms with Gasteiger partial charge in [0, 0.05) is 11.6 Å². The highest BCUT2D eigenvalue weighted by atomic mass is 19.4. The third-order valence-electron chi connectivity index (χ3n) is 5.08. The van der Waals surface area contributed by atoms with Gasteiger partial charge in [0.15, 0.2) is 0 Å². The lowest BCUT2D eigenvalue weighted by molar-refractivity contribution is -0.385. The molecule has 2 aromatic carbocycles. The molecule has 26 heavy (non-hydrogen) atoms. The van der Waals surface area contributed by atoms with Crippen LogP contribution in [-0.4, -0.2) is 4.92 Å². The first-order valence-electron chi connectivity index (χ1n) is 8.69. The van der Waals surface area contributed by atoms with Crippen molar-refractivity contribution in [2.24, 2.45) is 0 Å². The van der Waals surface area contributed by atoms with Crippen LogP contribution in [0.5, 0.6) is 0 Å². The average molecular weight is 363 g/mol. The molecule has 0 N–H and O–H groups in total. The Balaban J connectivity index is 1.91. The number of rotatable bonds is 4. The van der Waals surface area contributed by atoms with E-state index in [4.69, 9.17) is 0 Å². The Labute approximate surface area is 150 Å². The van der Waals surface area contributed by atoms with Gasteiger partial charge in [0.25, 0.3) is 5.69 Å². The van der Waals surface area contributed by atoms with Gasteiger partial charge in [0.05, 0.1) is 10.5 Å². The van der Waals surface area contributed by atoms with Gasteiger partial charge >= 0.3 is 6.18 Å². The molecule has 3 rings (SSSR count). The van der Waals surface area contributed by atoms with Gasteiger partial charge in [-0.2, -0.15) is 13.2 Å². The summed E-state index contributed by atoms with van der Waals surface area (Å²) in [4.78, 5) is 10.4. The third-order valence-corrected chi connectivity index (χ3v) is 5.08. The van der Waals surface area contributed by atoms with E-state index in [-0.39, 0.29) is 11.6 Å². The van der Waals surface area contributed by atoms with Gasteiger partial charge in [-0.3, -0.25) is 10.1 Å². The zero-order chi connectivity index (χ0) is 18.9. The molecule has 0 bridgehead atoms. The normalized spacial score (nSPS) is 15.4. The second-order valence-electron chi connectivity index (χ2n) is 6.96. The van der Waals surface area contributed by atoms with Gasteiger partial charge in [-0.25, -0.2) is 0 Å². The van der Waals surface area contributed by atoms with Crippen LogP contribution in [-0.2, 0) is 12.6 Å². The number of nitro benzene ring substituents is 1. The molecule has 3 nitrogen and oxygen atoms in total. The molecule has 138 valence electrons. The Morgan fingerprint density at radius 1 is 1.08 bits per heavy atom. The molecule has 0 radical (unpaired) electrons. The van der Waals surface area contributed by atoms with Gasteiger partial charge < -0.3 is 0 Å². The van der Waals surface area contributed by atoms with Crippen LogP contribution in [0.25, 0.3) is 0 Å². The van der Waals surface area contributed by atoms with Gasteiger partial charge in [0.2, 0.25) is 0 Å². The van der Waals surface area contributed by atoms with Crippen LogP contribution >= 0.6 is 0 Å². The Bertz CT molecular complexity index is 824. The van der Waals surface area contributed by atoms with Crippen LogP contribution in [0.1, 0.15) is 59.4 Å². The fourth-order valence-corrected chi connectivity index (χ4v) is 3.82. The minimum atomic E-state index is -4.38. The van der Waals surface area contributed by atoms with Crippen LogP contribution in [0.15, 0.2) is 36.4 Å². The molecule has 1 saturated carbocycles. The zero-order valence-electron chi connectivity index (χ0n) is 14.5. The molecular weight excluding hydrogens is 343 g/mol. The maximum Gasteiger partial charge on any atom is 0.416 e. The van der Waals surface area contributed by atoms with Gasteiger partial charge in [0.1, 0.15) is 0 Å². The van der Waals surface area contributed by atoms with E-state index in [2.05, 4.69) is 0 Å².